The Bertz CT molecular complexity index is 644. The van der Waals surface area contributed by atoms with Crippen LogP contribution in [0.15, 0.2) is 42.5 Å². The first kappa shape index (κ1) is 14.8. The van der Waals surface area contributed by atoms with Crippen molar-refractivity contribution in [1.29, 1.82) is 0 Å². The predicted octanol–water partition coefficient (Wildman–Crippen LogP) is 2.94. The monoisotopic (exact) mass is 288 g/mol. The van der Waals surface area contributed by atoms with E-state index in [0.717, 1.165) is 5.56 Å². The largest absolute Gasteiger partial charge is 0.491 e. The summed E-state index contributed by atoms with van der Waals surface area (Å²) in [5.41, 5.74) is 7.21. The molecule has 2 rings (SSSR count). The van der Waals surface area contributed by atoms with Crippen molar-refractivity contribution in [3.05, 3.63) is 59.4 Å². The second kappa shape index (κ2) is 6.74. The van der Waals surface area contributed by atoms with Crippen molar-refractivity contribution in [2.75, 3.05) is 11.9 Å². The Labute approximate surface area is 122 Å². The lowest BCUT2D eigenvalue weighted by Crippen LogP contribution is -2.11. The standard InChI is InChI=1S/C16H17FN2O2/c1-2-21-15-7-6-13(9-14(15)17)19-10-11-4-3-5-12(8-11)16(18)20/h3-9,19H,2,10H2,1H3,(H2,18,20). The summed E-state index contributed by atoms with van der Waals surface area (Å²) >= 11 is 0. The fraction of sp³-hybridized carbons (Fsp3) is 0.188. The van der Waals surface area contributed by atoms with Gasteiger partial charge in [0.25, 0.3) is 0 Å². The second-order valence-electron chi connectivity index (χ2n) is 4.50. The number of benzene rings is 2. The molecule has 3 N–H and O–H groups in total. The van der Waals surface area contributed by atoms with Gasteiger partial charge >= 0.3 is 0 Å². The molecule has 110 valence electrons. The number of ether oxygens (including phenoxy) is 1. The Morgan fingerprint density at radius 3 is 2.76 bits per heavy atom. The Balaban J connectivity index is 2.04. The van der Waals surface area contributed by atoms with Crippen molar-refractivity contribution in [1.82, 2.24) is 0 Å². The van der Waals surface area contributed by atoms with Gasteiger partial charge < -0.3 is 15.8 Å². The zero-order valence-corrected chi connectivity index (χ0v) is 11.7. The van der Waals surface area contributed by atoms with Crippen LogP contribution < -0.4 is 15.8 Å². The average molecular weight is 288 g/mol. The number of carbonyl (C=O) groups excluding carboxylic acids is 1. The number of anilines is 1. The van der Waals surface area contributed by atoms with Crippen molar-refractivity contribution in [3.63, 3.8) is 0 Å². The first-order valence-corrected chi connectivity index (χ1v) is 6.65. The van der Waals surface area contributed by atoms with E-state index in [1.54, 1.807) is 37.3 Å². The molecule has 0 aromatic heterocycles. The zero-order valence-electron chi connectivity index (χ0n) is 11.7. The van der Waals surface area contributed by atoms with Gasteiger partial charge in [0.15, 0.2) is 11.6 Å². The number of hydrogen-bond acceptors (Lipinski definition) is 3. The molecule has 0 bridgehead atoms. The maximum Gasteiger partial charge on any atom is 0.248 e. The zero-order chi connectivity index (χ0) is 15.2. The molecule has 0 unspecified atom stereocenters. The molecule has 0 aliphatic heterocycles. The lowest BCUT2D eigenvalue weighted by Gasteiger charge is -2.10. The molecule has 0 heterocycles. The first-order chi connectivity index (χ1) is 10.1. The summed E-state index contributed by atoms with van der Waals surface area (Å²) in [6.45, 7) is 2.69. The van der Waals surface area contributed by atoms with Gasteiger partial charge in [0.2, 0.25) is 5.91 Å². The quantitative estimate of drug-likeness (QED) is 0.859. The van der Waals surface area contributed by atoms with Gasteiger partial charge in [0.1, 0.15) is 0 Å². The highest BCUT2D eigenvalue weighted by atomic mass is 19.1. The van der Waals surface area contributed by atoms with E-state index in [2.05, 4.69) is 5.32 Å². The summed E-state index contributed by atoms with van der Waals surface area (Å²) in [4.78, 5) is 11.1. The molecule has 0 radical (unpaired) electrons. The SMILES string of the molecule is CCOc1ccc(NCc2cccc(C(N)=O)c2)cc1F. The number of rotatable bonds is 6. The van der Waals surface area contributed by atoms with Gasteiger partial charge in [-0.15, -0.1) is 0 Å². The van der Waals surface area contributed by atoms with Gasteiger partial charge in [-0.05, 0) is 36.8 Å². The van der Waals surface area contributed by atoms with Crippen molar-refractivity contribution in [3.8, 4) is 5.75 Å². The van der Waals surface area contributed by atoms with Gasteiger partial charge in [-0.1, -0.05) is 12.1 Å². The molecule has 21 heavy (non-hydrogen) atoms. The summed E-state index contributed by atoms with van der Waals surface area (Å²) in [6.07, 6.45) is 0. The molecule has 0 aliphatic rings. The Hall–Kier alpha value is -2.56. The fourth-order valence-corrected chi connectivity index (χ4v) is 1.92. The van der Waals surface area contributed by atoms with E-state index < -0.39 is 11.7 Å². The van der Waals surface area contributed by atoms with Gasteiger partial charge in [0, 0.05) is 23.9 Å². The molecule has 0 saturated carbocycles. The number of nitrogens with two attached hydrogens (primary N) is 1. The van der Waals surface area contributed by atoms with E-state index in [4.69, 9.17) is 10.5 Å². The lowest BCUT2D eigenvalue weighted by atomic mass is 10.1. The number of carbonyl (C=O) groups is 1. The maximum atomic E-state index is 13.7. The van der Waals surface area contributed by atoms with Gasteiger partial charge in [-0.2, -0.15) is 0 Å². The normalized spacial score (nSPS) is 10.2. The number of halogens is 1. The molecular formula is C16H17FN2O2. The maximum absolute atomic E-state index is 13.7. The molecule has 2 aromatic rings. The minimum atomic E-state index is -0.469. The predicted molar refractivity (Wildman–Crippen MR) is 79.9 cm³/mol. The molecule has 5 heteroatoms. The first-order valence-electron chi connectivity index (χ1n) is 6.65. The minimum Gasteiger partial charge on any atom is -0.491 e. The van der Waals surface area contributed by atoms with E-state index in [0.29, 0.717) is 24.4 Å². The third-order valence-corrected chi connectivity index (χ3v) is 2.94. The van der Waals surface area contributed by atoms with Crippen LogP contribution in [0.1, 0.15) is 22.8 Å². The number of primary amides is 1. The highest BCUT2D eigenvalue weighted by Crippen LogP contribution is 2.21. The molecule has 0 fully saturated rings. The second-order valence-corrected chi connectivity index (χ2v) is 4.50. The third kappa shape index (κ3) is 3.95. The van der Waals surface area contributed by atoms with Gasteiger partial charge in [-0.3, -0.25) is 4.79 Å². The molecule has 0 saturated heterocycles. The van der Waals surface area contributed by atoms with E-state index in [-0.39, 0.29) is 5.75 Å². The van der Waals surface area contributed by atoms with Crippen LogP contribution in [0.4, 0.5) is 10.1 Å². The van der Waals surface area contributed by atoms with Gasteiger partial charge in [-0.25, -0.2) is 4.39 Å². The van der Waals surface area contributed by atoms with E-state index >= 15 is 0 Å². The molecule has 4 nitrogen and oxygen atoms in total. The summed E-state index contributed by atoms with van der Waals surface area (Å²) in [5.74, 6) is -0.643. The average Bonchev–Trinajstić information content (AvgIpc) is 2.48. The summed E-state index contributed by atoms with van der Waals surface area (Å²) in [5, 5.41) is 3.09. The fourth-order valence-electron chi connectivity index (χ4n) is 1.92. The molecule has 0 atom stereocenters. The van der Waals surface area contributed by atoms with Crippen LogP contribution >= 0.6 is 0 Å². The van der Waals surface area contributed by atoms with Crippen LogP contribution in [0, 0.1) is 5.82 Å². The van der Waals surface area contributed by atoms with Crippen molar-refractivity contribution in [2.24, 2.45) is 5.73 Å². The minimum absolute atomic E-state index is 0.235. The molecule has 0 spiro atoms. The summed E-state index contributed by atoms with van der Waals surface area (Å²) in [6, 6.07) is 11.7. The topological polar surface area (TPSA) is 64.3 Å². The Morgan fingerprint density at radius 2 is 2.10 bits per heavy atom. The van der Waals surface area contributed by atoms with Crippen molar-refractivity contribution in [2.45, 2.75) is 13.5 Å². The van der Waals surface area contributed by atoms with Crippen molar-refractivity contribution < 1.29 is 13.9 Å². The molecule has 2 aromatic carbocycles. The highest BCUT2D eigenvalue weighted by molar-refractivity contribution is 5.92. The lowest BCUT2D eigenvalue weighted by molar-refractivity contribution is 0.1000. The van der Waals surface area contributed by atoms with Crippen LogP contribution in [-0.2, 0) is 6.54 Å². The van der Waals surface area contributed by atoms with E-state index in [1.807, 2.05) is 6.07 Å². The summed E-state index contributed by atoms with van der Waals surface area (Å²) < 4.78 is 18.8. The number of hydrogen-bond donors (Lipinski definition) is 2. The third-order valence-electron chi connectivity index (χ3n) is 2.94. The van der Waals surface area contributed by atoms with Crippen LogP contribution in [0.5, 0.6) is 5.75 Å². The Morgan fingerprint density at radius 1 is 1.29 bits per heavy atom. The van der Waals surface area contributed by atoms with Crippen LogP contribution in [0.3, 0.4) is 0 Å². The van der Waals surface area contributed by atoms with E-state index in [1.165, 1.54) is 6.07 Å². The van der Waals surface area contributed by atoms with Gasteiger partial charge in [0.05, 0.1) is 6.61 Å². The number of nitrogens with one attached hydrogen (secondary N) is 1. The van der Waals surface area contributed by atoms with Crippen LogP contribution in [0.25, 0.3) is 0 Å². The Kier molecular flexibility index (Phi) is 4.77. The molecular weight excluding hydrogens is 271 g/mol. The highest BCUT2D eigenvalue weighted by Gasteiger charge is 2.05. The molecule has 0 aliphatic carbocycles. The summed E-state index contributed by atoms with van der Waals surface area (Å²) in [7, 11) is 0. The number of amides is 1. The van der Waals surface area contributed by atoms with Crippen LogP contribution in [-0.4, -0.2) is 12.5 Å². The van der Waals surface area contributed by atoms with Crippen LogP contribution in [0.2, 0.25) is 0 Å². The molecule has 1 amide bonds. The van der Waals surface area contributed by atoms with Crippen molar-refractivity contribution >= 4 is 11.6 Å². The smallest absolute Gasteiger partial charge is 0.248 e. The van der Waals surface area contributed by atoms with E-state index in [9.17, 15) is 9.18 Å².